The van der Waals surface area contributed by atoms with Crippen LogP contribution in [0.4, 0.5) is 16.2 Å². The van der Waals surface area contributed by atoms with Crippen molar-refractivity contribution in [3.63, 3.8) is 0 Å². The maximum atomic E-state index is 13.0. The van der Waals surface area contributed by atoms with Crippen LogP contribution >= 0.6 is 11.6 Å². The molecule has 0 aliphatic carbocycles. The summed E-state index contributed by atoms with van der Waals surface area (Å²) in [5.41, 5.74) is 3.56. The van der Waals surface area contributed by atoms with E-state index in [1.54, 1.807) is 41.6 Å². The molecular formula is C23H21ClN4O2. The van der Waals surface area contributed by atoms with E-state index in [1.165, 1.54) is 0 Å². The highest BCUT2D eigenvalue weighted by atomic mass is 35.5. The Morgan fingerprint density at radius 1 is 0.967 bits per heavy atom. The number of nitrogens with zero attached hydrogens (tertiary/aromatic N) is 2. The van der Waals surface area contributed by atoms with Crippen LogP contribution in [-0.2, 0) is 4.79 Å². The van der Waals surface area contributed by atoms with Crippen molar-refractivity contribution in [2.75, 3.05) is 16.8 Å². The minimum absolute atomic E-state index is 0.107. The average molecular weight is 421 g/mol. The molecule has 1 aliphatic heterocycles. The molecule has 30 heavy (non-hydrogen) atoms. The Bertz CT molecular complexity index is 1020. The van der Waals surface area contributed by atoms with Gasteiger partial charge in [-0.15, -0.1) is 0 Å². The first-order valence-electron chi connectivity index (χ1n) is 9.75. The first-order chi connectivity index (χ1) is 14.6. The van der Waals surface area contributed by atoms with E-state index < -0.39 is 12.1 Å². The van der Waals surface area contributed by atoms with Crippen LogP contribution in [-0.4, -0.2) is 29.5 Å². The van der Waals surface area contributed by atoms with Gasteiger partial charge in [-0.05, 0) is 72.5 Å². The number of carbonyl (C=O) groups is 2. The minimum atomic E-state index is -0.564. The molecule has 2 heterocycles. The summed E-state index contributed by atoms with van der Waals surface area (Å²) >= 11 is 5.86. The summed E-state index contributed by atoms with van der Waals surface area (Å²) in [6.07, 6.45) is 4.92. The third-order valence-electron chi connectivity index (χ3n) is 5.04. The molecule has 1 fully saturated rings. The van der Waals surface area contributed by atoms with Crippen LogP contribution in [0.25, 0.3) is 11.1 Å². The predicted octanol–water partition coefficient (Wildman–Crippen LogP) is 4.72. The molecular weight excluding hydrogens is 400 g/mol. The fraction of sp³-hybridized carbons (Fsp3) is 0.174. The summed E-state index contributed by atoms with van der Waals surface area (Å²) in [5.74, 6) is -0.107. The van der Waals surface area contributed by atoms with E-state index in [0.717, 1.165) is 23.2 Å². The van der Waals surface area contributed by atoms with Crippen molar-refractivity contribution in [2.45, 2.75) is 18.9 Å². The van der Waals surface area contributed by atoms with Crippen LogP contribution < -0.4 is 15.5 Å². The second kappa shape index (κ2) is 8.97. The molecule has 6 nitrogen and oxygen atoms in total. The van der Waals surface area contributed by atoms with Crippen molar-refractivity contribution >= 4 is 34.9 Å². The lowest BCUT2D eigenvalue weighted by Crippen LogP contribution is -2.53. The van der Waals surface area contributed by atoms with Gasteiger partial charge >= 0.3 is 6.03 Å². The molecule has 152 valence electrons. The van der Waals surface area contributed by atoms with Crippen molar-refractivity contribution in [3.8, 4) is 11.1 Å². The smallest absolute Gasteiger partial charge is 0.319 e. The summed E-state index contributed by atoms with van der Waals surface area (Å²) < 4.78 is 0. The number of anilines is 2. The minimum Gasteiger partial charge on any atom is -0.326 e. The number of rotatable bonds is 4. The van der Waals surface area contributed by atoms with Crippen molar-refractivity contribution < 1.29 is 9.59 Å². The molecule has 7 heteroatoms. The van der Waals surface area contributed by atoms with E-state index in [-0.39, 0.29) is 5.91 Å². The van der Waals surface area contributed by atoms with Crippen molar-refractivity contribution in [2.24, 2.45) is 0 Å². The maximum absolute atomic E-state index is 13.0. The zero-order chi connectivity index (χ0) is 20.9. The van der Waals surface area contributed by atoms with E-state index in [4.69, 9.17) is 11.6 Å². The number of amides is 3. The number of hydrogen-bond acceptors (Lipinski definition) is 3. The summed E-state index contributed by atoms with van der Waals surface area (Å²) in [6.45, 7) is 0.629. The Labute approximate surface area is 179 Å². The fourth-order valence-electron chi connectivity index (χ4n) is 3.50. The van der Waals surface area contributed by atoms with Gasteiger partial charge in [0.15, 0.2) is 0 Å². The highest BCUT2D eigenvalue weighted by molar-refractivity contribution is 6.30. The van der Waals surface area contributed by atoms with Crippen molar-refractivity contribution in [1.82, 2.24) is 10.3 Å². The highest BCUT2D eigenvalue weighted by Gasteiger charge is 2.30. The van der Waals surface area contributed by atoms with Crippen LogP contribution in [0.1, 0.15) is 12.8 Å². The Kier molecular flexibility index (Phi) is 5.95. The molecule has 1 atom stereocenters. The monoisotopic (exact) mass is 420 g/mol. The topological polar surface area (TPSA) is 74.3 Å². The molecule has 1 saturated heterocycles. The molecule has 4 rings (SSSR count). The molecule has 0 radical (unpaired) electrons. The van der Waals surface area contributed by atoms with E-state index >= 15 is 0 Å². The first kappa shape index (κ1) is 19.9. The largest absolute Gasteiger partial charge is 0.326 e. The molecule has 0 unspecified atom stereocenters. The lowest BCUT2D eigenvalue weighted by molar-refractivity contribution is -0.121. The number of piperidine rings is 1. The Morgan fingerprint density at radius 2 is 1.63 bits per heavy atom. The Morgan fingerprint density at radius 3 is 2.33 bits per heavy atom. The molecule has 0 saturated carbocycles. The van der Waals surface area contributed by atoms with E-state index in [9.17, 15) is 9.59 Å². The van der Waals surface area contributed by atoms with Crippen LogP contribution in [0, 0.1) is 0 Å². The summed E-state index contributed by atoms with van der Waals surface area (Å²) in [7, 11) is 0. The number of carbonyl (C=O) groups excluding carboxylic acids is 2. The molecule has 1 aliphatic rings. The lowest BCUT2D eigenvalue weighted by atomic mass is 10.0. The molecule has 3 amide bonds. The molecule has 1 aromatic heterocycles. The normalized spacial score (nSPS) is 16.2. The number of halogens is 1. The Hall–Kier alpha value is -3.38. The van der Waals surface area contributed by atoms with Crippen LogP contribution in [0.5, 0.6) is 0 Å². The van der Waals surface area contributed by atoms with Crippen LogP contribution in [0.2, 0.25) is 5.02 Å². The summed E-state index contributed by atoms with van der Waals surface area (Å²) in [5, 5.41) is 6.11. The highest BCUT2D eigenvalue weighted by Crippen LogP contribution is 2.25. The molecule has 0 bridgehead atoms. The molecule has 2 N–H and O–H groups in total. The van der Waals surface area contributed by atoms with Gasteiger partial charge in [-0.2, -0.15) is 0 Å². The lowest BCUT2D eigenvalue weighted by Gasteiger charge is -2.32. The number of benzene rings is 2. The van der Waals surface area contributed by atoms with Crippen molar-refractivity contribution in [3.05, 3.63) is 78.1 Å². The van der Waals surface area contributed by atoms with Gasteiger partial charge in [-0.1, -0.05) is 23.7 Å². The molecule has 2 aromatic carbocycles. The second-order valence-electron chi connectivity index (χ2n) is 7.07. The van der Waals surface area contributed by atoms with Gasteiger partial charge in [0.1, 0.15) is 6.04 Å². The number of hydrogen-bond donors (Lipinski definition) is 2. The standard InChI is InChI=1S/C23H21ClN4O2/c24-18-5-7-19(8-6-18)26-23(30)27-21-2-1-15-28(22(21)29)20-9-3-16(4-10-20)17-11-13-25-14-12-17/h3-14,21H,1-2,15H2,(H2,26,27,30)/t21-/m1/s1. The molecule has 3 aromatic rings. The van der Waals surface area contributed by atoms with Gasteiger partial charge in [-0.25, -0.2) is 4.79 Å². The number of urea groups is 1. The number of aromatic nitrogens is 1. The van der Waals surface area contributed by atoms with E-state index in [0.29, 0.717) is 23.7 Å². The summed E-state index contributed by atoms with van der Waals surface area (Å²) in [6, 6.07) is 17.6. The van der Waals surface area contributed by atoms with Gasteiger partial charge < -0.3 is 15.5 Å². The molecule has 0 spiro atoms. The van der Waals surface area contributed by atoms with Crippen molar-refractivity contribution in [1.29, 1.82) is 0 Å². The van der Waals surface area contributed by atoms with Gasteiger partial charge in [0.05, 0.1) is 0 Å². The van der Waals surface area contributed by atoms with E-state index in [1.807, 2.05) is 36.4 Å². The van der Waals surface area contributed by atoms with Crippen LogP contribution in [0.15, 0.2) is 73.1 Å². The van der Waals surface area contributed by atoms with Gasteiger partial charge in [0.25, 0.3) is 0 Å². The third-order valence-corrected chi connectivity index (χ3v) is 5.29. The number of pyridine rings is 1. The third kappa shape index (κ3) is 4.60. The van der Waals surface area contributed by atoms with Gasteiger partial charge in [0.2, 0.25) is 5.91 Å². The van der Waals surface area contributed by atoms with Gasteiger partial charge in [-0.3, -0.25) is 9.78 Å². The Balaban J connectivity index is 1.41. The van der Waals surface area contributed by atoms with E-state index in [2.05, 4.69) is 15.6 Å². The SMILES string of the molecule is O=C(Nc1ccc(Cl)cc1)N[C@@H]1CCCN(c2ccc(-c3ccncc3)cc2)C1=O. The zero-order valence-corrected chi connectivity index (χ0v) is 17.0. The van der Waals surface area contributed by atoms with Gasteiger partial charge in [0, 0.05) is 35.3 Å². The average Bonchev–Trinajstić information content (AvgIpc) is 2.78. The number of nitrogens with one attached hydrogen (secondary N) is 2. The zero-order valence-electron chi connectivity index (χ0n) is 16.2. The predicted molar refractivity (Wildman–Crippen MR) is 119 cm³/mol. The fourth-order valence-corrected chi connectivity index (χ4v) is 3.63. The summed E-state index contributed by atoms with van der Waals surface area (Å²) in [4.78, 5) is 31.1. The maximum Gasteiger partial charge on any atom is 0.319 e. The second-order valence-corrected chi connectivity index (χ2v) is 7.51. The first-order valence-corrected chi connectivity index (χ1v) is 10.1. The van der Waals surface area contributed by atoms with Crippen LogP contribution in [0.3, 0.4) is 0 Å². The quantitative estimate of drug-likeness (QED) is 0.641.